The van der Waals surface area contributed by atoms with Gasteiger partial charge in [-0.05, 0) is 50.2 Å². The summed E-state index contributed by atoms with van der Waals surface area (Å²) in [5.74, 6) is -1.03. The molecule has 0 bridgehead atoms. The highest BCUT2D eigenvalue weighted by atomic mass is 35.5. The summed E-state index contributed by atoms with van der Waals surface area (Å²) in [5.41, 5.74) is 0.364. The van der Waals surface area contributed by atoms with E-state index in [2.05, 4.69) is 0 Å². The van der Waals surface area contributed by atoms with Crippen molar-refractivity contribution in [3.8, 4) is 11.5 Å². The van der Waals surface area contributed by atoms with Crippen molar-refractivity contribution >= 4 is 23.4 Å². The van der Waals surface area contributed by atoms with Gasteiger partial charge >= 0.3 is 5.97 Å². The van der Waals surface area contributed by atoms with Crippen molar-refractivity contribution in [1.82, 2.24) is 0 Å². The van der Waals surface area contributed by atoms with Gasteiger partial charge in [0.15, 0.2) is 17.6 Å². The van der Waals surface area contributed by atoms with Crippen LogP contribution in [-0.2, 0) is 4.74 Å². The van der Waals surface area contributed by atoms with E-state index in [1.54, 1.807) is 6.92 Å². The van der Waals surface area contributed by atoms with Crippen LogP contribution in [0.25, 0.3) is 0 Å². The highest BCUT2D eigenvalue weighted by Crippen LogP contribution is 2.36. The number of hydrogen-bond acceptors (Lipinski definition) is 5. The Kier molecular flexibility index (Phi) is 6.58. The Balaban J connectivity index is 2.17. The monoisotopic (exact) mass is 380 g/mol. The number of rotatable bonds is 7. The molecule has 0 N–H and O–H groups in total. The zero-order chi connectivity index (χ0) is 19.3. The maximum absolute atomic E-state index is 12.9. The maximum atomic E-state index is 12.9. The fourth-order valence-electron chi connectivity index (χ4n) is 2.25. The van der Waals surface area contributed by atoms with Gasteiger partial charge in [-0.3, -0.25) is 4.79 Å². The zero-order valence-electron chi connectivity index (χ0n) is 14.5. The number of halogens is 2. The summed E-state index contributed by atoms with van der Waals surface area (Å²) in [6.45, 7) is 3.61. The summed E-state index contributed by atoms with van der Waals surface area (Å²) in [6.07, 6.45) is -1.05. The number of esters is 1. The first kappa shape index (κ1) is 19.7. The molecule has 26 heavy (non-hydrogen) atoms. The van der Waals surface area contributed by atoms with Crippen LogP contribution in [0, 0.1) is 5.82 Å². The standard InChI is InChI=1S/C19H18ClFO5/c1-4-25-18-15(20)9-13(10-16(18)24-3)19(23)26-11(2)17(22)12-5-7-14(21)8-6-12/h5-11H,4H2,1-3H3/t11-/m1/s1. The Labute approximate surface area is 155 Å². The van der Waals surface area contributed by atoms with Gasteiger partial charge in [-0.1, -0.05) is 11.6 Å². The summed E-state index contributed by atoms with van der Waals surface area (Å²) in [7, 11) is 1.42. The number of methoxy groups -OCH3 is 1. The van der Waals surface area contributed by atoms with Crippen LogP contribution >= 0.6 is 11.6 Å². The number of benzene rings is 2. The van der Waals surface area contributed by atoms with E-state index < -0.39 is 23.7 Å². The van der Waals surface area contributed by atoms with Crippen molar-refractivity contribution in [3.05, 3.63) is 58.4 Å². The number of ketones is 1. The molecule has 0 heterocycles. The first-order valence-electron chi connectivity index (χ1n) is 7.88. The summed E-state index contributed by atoms with van der Waals surface area (Å²) < 4.78 is 28.7. The zero-order valence-corrected chi connectivity index (χ0v) is 15.3. The predicted octanol–water partition coefficient (Wildman–Crippen LogP) is 4.31. The van der Waals surface area contributed by atoms with Crippen molar-refractivity contribution in [2.45, 2.75) is 20.0 Å². The molecular formula is C19H18ClFO5. The van der Waals surface area contributed by atoms with E-state index in [0.717, 1.165) is 0 Å². The molecule has 0 unspecified atom stereocenters. The van der Waals surface area contributed by atoms with E-state index in [0.29, 0.717) is 12.4 Å². The lowest BCUT2D eigenvalue weighted by atomic mass is 10.1. The summed E-state index contributed by atoms with van der Waals surface area (Å²) in [6, 6.07) is 7.80. The number of ether oxygens (including phenoxy) is 3. The second-order valence-corrected chi connectivity index (χ2v) is 5.75. The van der Waals surface area contributed by atoms with E-state index in [-0.39, 0.29) is 21.9 Å². The average Bonchev–Trinajstić information content (AvgIpc) is 2.63. The van der Waals surface area contributed by atoms with Gasteiger partial charge in [-0.25, -0.2) is 9.18 Å². The van der Waals surface area contributed by atoms with Crippen molar-refractivity contribution in [2.24, 2.45) is 0 Å². The lowest BCUT2D eigenvalue weighted by Gasteiger charge is -2.15. The number of Topliss-reactive ketones (excluding diaryl/α,β-unsaturated/α-hetero) is 1. The van der Waals surface area contributed by atoms with Crippen LogP contribution in [0.15, 0.2) is 36.4 Å². The molecule has 0 amide bonds. The van der Waals surface area contributed by atoms with Crippen LogP contribution in [0.4, 0.5) is 4.39 Å². The first-order valence-corrected chi connectivity index (χ1v) is 8.26. The molecule has 2 aromatic carbocycles. The topological polar surface area (TPSA) is 61.8 Å². The average molecular weight is 381 g/mol. The van der Waals surface area contributed by atoms with Crippen LogP contribution in [-0.4, -0.2) is 31.6 Å². The van der Waals surface area contributed by atoms with Crippen LogP contribution < -0.4 is 9.47 Å². The van der Waals surface area contributed by atoms with Crippen molar-refractivity contribution < 1.29 is 28.2 Å². The largest absolute Gasteiger partial charge is 0.493 e. The molecule has 1 atom stereocenters. The molecule has 0 fully saturated rings. The summed E-state index contributed by atoms with van der Waals surface area (Å²) in [5, 5.41) is 0.190. The second-order valence-electron chi connectivity index (χ2n) is 5.34. The molecule has 0 saturated carbocycles. The fraction of sp³-hybridized carbons (Fsp3) is 0.263. The third kappa shape index (κ3) is 4.52. The molecule has 0 aliphatic heterocycles. The Morgan fingerprint density at radius 3 is 2.38 bits per heavy atom. The molecule has 0 aliphatic rings. The molecule has 7 heteroatoms. The minimum absolute atomic E-state index is 0.119. The molecule has 0 aliphatic carbocycles. The Bertz CT molecular complexity index is 804. The van der Waals surface area contributed by atoms with Crippen molar-refractivity contribution in [1.29, 1.82) is 0 Å². The van der Waals surface area contributed by atoms with E-state index in [1.165, 1.54) is 50.4 Å². The normalized spacial score (nSPS) is 11.6. The van der Waals surface area contributed by atoms with Gasteiger partial charge in [0.1, 0.15) is 5.82 Å². The minimum atomic E-state index is -1.05. The van der Waals surface area contributed by atoms with Crippen molar-refractivity contribution in [3.63, 3.8) is 0 Å². The van der Waals surface area contributed by atoms with Crippen LogP contribution in [0.5, 0.6) is 11.5 Å². The first-order chi connectivity index (χ1) is 12.4. The van der Waals surface area contributed by atoms with E-state index in [4.69, 9.17) is 25.8 Å². The lowest BCUT2D eigenvalue weighted by Crippen LogP contribution is -2.24. The second kappa shape index (κ2) is 8.67. The highest BCUT2D eigenvalue weighted by Gasteiger charge is 2.22. The van der Waals surface area contributed by atoms with E-state index >= 15 is 0 Å². The fourth-order valence-corrected chi connectivity index (χ4v) is 2.52. The molecule has 0 radical (unpaired) electrons. The smallest absolute Gasteiger partial charge is 0.339 e. The molecule has 2 aromatic rings. The minimum Gasteiger partial charge on any atom is -0.493 e. The molecule has 2 rings (SSSR count). The molecular weight excluding hydrogens is 363 g/mol. The molecule has 5 nitrogen and oxygen atoms in total. The van der Waals surface area contributed by atoms with E-state index in [9.17, 15) is 14.0 Å². The van der Waals surface area contributed by atoms with Gasteiger partial charge in [0.2, 0.25) is 5.78 Å². The lowest BCUT2D eigenvalue weighted by molar-refractivity contribution is 0.0318. The van der Waals surface area contributed by atoms with Gasteiger partial charge in [-0.2, -0.15) is 0 Å². The van der Waals surface area contributed by atoms with E-state index in [1.807, 2.05) is 0 Å². The van der Waals surface area contributed by atoms with Crippen LogP contribution in [0.3, 0.4) is 0 Å². The summed E-state index contributed by atoms with van der Waals surface area (Å²) in [4.78, 5) is 24.6. The van der Waals surface area contributed by atoms with Crippen LogP contribution in [0.2, 0.25) is 5.02 Å². The molecule has 0 saturated heterocycles. The van der Waals surface area contributed by atoms with Crippen LogP contribution in [0.1, 0.15) is 34.6 Å². The SMILES string of the molecule is CCOc1c(Cl)cc(C(=O)O[C@H](C)C(=O)c2ccc(F)cc2)cc1OC. The van der Waals surface area contributed by atoms with Gasteiger partial charge in [0, 0.05) is 5.56 Å². The predicted molar refractivity (Wildman–Crippen MR) is 94.8 cm³/mol. The Morgan fingerprint density at radius 1 is 1.15 bits per heavy atom. The van der Waals surface area contributed by atoms with Gasteiger partial charge in [-0.15, -0.1) is 0 Å². The number of carbonyl (C=O) groups is 2. The highest BCUT2D eigenvalue weighted by molar-refractivity contribution is 6.32. The molecule has 138 valence electrons. The number of carbonyl (C=O) groups excluding carboxylic acids is 2. The van der Waals surface area contributed by atoms with Gasteiger partial charge < -0.3 is 14.2 Å². The third-order valence-electron chi connectivity index (χ3n) is 3.54. The quantitative estimate of drug-likeness (QED) is 0.529. The molecule has 0 aromatic heterocycles. The molecule has 0 spiro atoms. The summed E-state index contributed by atoms with van der Waals surface area (Å²) >= 11 is 6.13. The third-order valence-corrected chi connectivity index (χ3v) is 3.82. The van der Waals surface area contributed by atoms with Gasteiger partial charge in [0.05, 0.1) is 24.3 Å². The van der Waals surface area contributed by atoms with Crippen molar-refractivity contribution in [2.75, 3.05) is 13.7 Å². The Hall–Kier alpha value is -2.60. The Morgan fingerprint density at radius 2 is 1.81 bits per heavy atom. The van der Waals surface area contributed by atoms with Gasteiger partial charge in [0.25, 0.3) is 0 Å². The maximum Gasteiger partial charge on any atom is 0.339 e. The number of hydrogen-bond donors (Lipinski definition) is 0.